The molecule has 0 aromatic rings. The summed E-state index contributed by atoms with van der Waals surface area (Å²) in [6.07, 6.45) is 7.73. The van der Waals surface area contributed by atoms with Crippen LogP contribution in [0.15, 0.2) is 0 Å². The van der Waals surface area contributed by atoms with Gasteiger partial charge in [-0.2, -0.15) is 0 Å². The summed E-state index contributed by atoms with van der Waals surface area (Å²) in [6, 6.07) is -0.0679. The Morgan fingerprint density at radius 2 is 1.60 bits per heavy atom. The summed E-state index contributed by atoms with van der Waals surface area (Å²) in [5.41, 5.74) is 0. The number of aliphatic hydroxyl groups excluding tert-OH is 1. The van der Waals surface area contributed by atoms with Gasteiger partial charge in [0.2, 0.25) is 17.7 Å². The number of hydrogen-bond acceptors (Lipinski definition) is 4. The normalized spacial score (nSPS) is 43.8. The molecule has 0 radical (unpaired) electrons. The number of fused-ring (bicyclic) bond motifs is 2. The van der Waals surface area contributed by atoms with Gasteiger partial charge < -0.3 is 10.4 Å². The molecule has 1 heterocycles. The van der Waals surface area contributed by atoms with Crippen molar-refractivity contribution < 1.29 is 19.5 Å². The summed E-state index contributed by atoms with van der Waals surface area (Å²) in [7, 11) is 0. The number of carbonyl (C=O) groups is 3. The van der Waals surface area contributed by atoms with E-state index < -0.39 is 6.10 Å². The smallest absolute Gasteiger partial charge is 0.230 e. The Morgan fingerprint density at radius 1 is 0.920 bits per heavy atom. The molecule has 3 saturated carbocycles. The Balaban J connectivity index is 1.35. The van der Waals surface area contributed by atoms with Crippen LogP contribution in [0, 0.1) is 29.6 Å². The fourth-order valence-corrected chi connectivity index (χ4v) is 5.66. The summed E-state index contributed by atoms with van der Waals surface area (Å²) < 4.78 is 0. The van der Waals surface area contributed by atoms with Crippen molar-refractivity contribution in [3.63, 3.8) is 0 Å². The minimum atomic E-state index is -0.549. The van der Waals surface area contributed by atoms with Crippen molar-refractivity contribution in [3.8, 4) is 0 Å². The fraction of sp³-hybridized carbons (Fsp3) is 0.842. The van der Waals surface area contributed by atoms with E-state index in [1.165, 1.54) is 25.7 Å². The molecule has 7 unspecified atom stereocenters. The van der Waals surface area contributed by atoms with Gasteiger partial charge in [-0.05, 0) is 43.9 Å². The van der Waals surface area contributed by atoms with Gasteiger partial charge >= 0.3 is 0 Å². The third-order valence-corrected chi connectivity index (χ3v) is 7.09. The van der Waals surface area contributed by atoms with E-state index in [0.717, 1.165) is 19.3 Å². The first kappa shape index (κ1) is 17.0. The minimum Gasteiger partial charge on any atom is -0.392 e. The molecule has 4 fully saturated rings. The summed E-state index contributed by atoms with van der Waals surface area (Å²) >= 11 is 0. The molecule has 3 amide bonds. The third kappa shape index (κ3) is 3.21. The van der Waals surface area contributed by atoms with Crippen molar-refractivity contribution >= 4 is 17.7 Å². The monoisotopic (exact) mass is 348 g/mol. The molecule has 0 aromatic heterocycles. The maximum Gasteiger partial charge on any atom is 0.230 e. The number of imide groups is 1. The van der Waals surface area contributed by atoms with Crippen molar-refractivity contribution in [1.82, 2.24) is 10.6 Å². The second-order valence-electron chi connectivity index (χ2n) is 8.53. The van der Waals surface area contributed by atoms with Gasteiger partial charge in [-0.15, -0.1) is 0 Å². The summed E-state index contributed by atoms with van der Waals surface area (Å²) in [4.78, 5) is 36.3. The number of hydrogen-bond donors (Lipinski definition) is 3. The van der Waals surface area contributed by atoms with Crippen molar-refractivity contribution in [3.05, 3.63) is 0 Å². The van der Waals surface area contributed by atoms with E-state index >= 15 is 0 Å². The van der Waals surface area contributed by atoms with E-state index in [0.29, 0.717) is 24.7 Å². The van der Waals surface area contributed by atoms with Gasteiger partial charge in [0.1, 0.15) is 0 Å². The predicted octanol–water partition coefficient (Wildman–Crippen LogP) is 1.12. The van der Waals surface area contributed by atoms with Crippen LogP contribution in [0.2, 0.25) is 0 Å². The van der Waals surface area contributed by atoms with Crippen molar-refractivity contribution in [2.75, 3.05) is 0 Å². The fourth-order valence-electron chi connectivity index (χ4n) is 5.66. The molecular weight excluding hydrogens is 320 g/mol. The van der Waals surface area contributed by atoms with Gasteiger partial charge in [0.15, 0.2) is 0 Å². The van der Waals surface area contributed by atoms with Crippen LogP contribution in [0.4, 0.5) is 0 Å². The van der Waals surface area contributed by atoms with Crippen LogP contribution in [0.3, 0.4) is 0 Å². The largest absolute Gasteiger partial charge is 0.392 e. The molecule has 3 N–H and O–H groups in total. The van der Waals surface area contributed by atoms with E-state index in [9.17, 15) is 19.5 Å². The minimum absolute atomic E-state index is 0.0651. The second-order valence-corrected chi connectivity index (χ2v) is 8.53. The molecule has 4 rings (SSSR count). The van der Waals surface area contributed by atoms with Crippen LogP contribution < -0.4 is 10.6 Å². The molecule has 1 saturated heterocycles. The first-order valence-electron chi connectivity index (χ1n) is 9.86. The average molecular weight is 348 g/mol. The number of aliphatic hydroxyl groups is 1. The Kier molecular flexibility index (Phi) is 4.56. The second kappa shape index (κ2) is 6.71. The lowest BCUT2D eigenvalue weighted by atomic mass is 9.66. The van der Waals surface area contributed by atoms with Gasteiger partial charge in [0, 0.05) is 6.04 Å². The molecule has 6 heteroatoms. The Hall–Kier alpha value is -1.43. The summed E-state index contributed by atoms with van der Waals surface area (Å²) in [5, 5.41) is 15.9. The Morgan fingerprint density at radius 3 is 2.36 bits per heavy atom. The van der Waals surface area contributed by atoms with Crippen LogP contribution in [0.25, 0.3) is 0 Å². The SMILES string of the molecule is O=C(NC1CCC2C(=O)NC(=O)C2C1)C1CC2CCCCC2CC1O. The molecule has 0 spiro atoms. The number of amides is 3. The lowest BCUT2D eigenvalue weighted by molar-refractivity contribution is -0.134. The Labute approximate surface area is 148 Å². The van der Waals surface area contributed by atoms with Crippen LogP contribution in [0.5, 0.6) is 0 Å². The lowest BCUT2D eigenvalue weighted by Gasteiger charge is -2.42. The molecule has 25 heavy (non-hydrogen) atoms. The van der Waals surface area contributed by atoms with Gasteiger partial charge in [-0.1, -0.05) is 25.7 Å². The molecular formula is C19H28N2O4. The van der Waals surface area contributed by atoms with Crippen molar-refractivity contribution in [2.45, 2.75) is 69.9 Å². The van der Waals surface area contributed by atoms with E-state index in [1.807, 2.05) is 0 Å². The van der Waals surface area contributed by atoms with E-state index in [2.05, 4.69) is 10.6 Å². The number of carbonyl (C=O) groups excluding carboxylic acids is 3. The van der Waals surface area contributed by atoms with Crippen LogP contribution >= 0.6 is 0 Å². The van der Waals surface area contributed by atoms with Crippen LogP contribution in [-0.4, -0.2) is 35.0 Å². The standard InChI is InChI=1S/C19H28N2O4/c22-16-8-11-4-2-1-3-10(11)7-15(16)19(25)20-12-5-6-13-14(9-12)18(24)21-17(13)23/h10-16,22H,1-9H2,(H,20,25)(H,21,23,24). The third-order valence-electron chi connectivity index (χ3n) is 7.09. The first-order chi connectivity index (χ1) is 12.0. The zero-order chi connectivity index (χ0) is 17.6. The Bertz CT molecular complexity index is 578. The topological polar surface area (TPSA) is 95.5 Å². The average Bonchev–Trinajstić information content (AvgIpc) is 2.88. The molecule has 0 aromatic carbocycles. The van der Waals surface area contributed by atoms with E-state index in [4.69, 9.17) is 0 Å². The first-order valence-corrected chi connectivity index (χ1v) is 9.86. The molecule has 0 bridgehead atoms. The number of rotatable bonds is 2. The van der Waals surface area contributed by atoms with Crippen molar-refractivity contribution in [1.29, 1.82) is 0 Å². The highest BCUT2D eigenvalue weighted by Gasteiger charge is 2.46. The highest BCUT2D eigenvalue weighted by atomic mass is 16.3. The van der Waals surface area contributed by atoms with Gasteiger partial charge in [0.05, 0.1) is 23.9 Å². The van der Waals surface area contributed by atoms with Crippen LogP contribution in [0.1, 0.15) is 57.8 Å². The summed E-state index contributed by atoms with van der Waals surface area (Å²) in [6.45, 7) is 0. The van der Waals surface area contributed by atoms with E-state index in [-0.39, 0.29) is 41.5 Å². The van der Waals surface area contributed by atoms with Crippen molar-refractivity contribution in [2.24, 2.45) is 29.6 Å². The highest BCUT2D eigenvalue weighted by molar-refractivity contribution is 6.05. The van der Waals surface area contributed by atoms with Gasteiger partial charge in [-0.3, -0.25) is 19.7 Å². The maximum atomic E-state index is 12.8. The maximum absolute atomic E-state index is 12.8. The molecule has 138 valence electrons. The molecule has 1 aliphatic heterocycles. The molecule has 6 nitrogen and oxygen atoms in total. The predicted molar refractivity (Wildman–Crippen MR) is 90.1 cm³/mol. The molecule has 4 aliphatic rings. The van der Waals surface area contributed by atoms with Gasteiger partial charge in [0.25, 0.3) is 0 Å². The van der Waals surface area contributed by atoms with E-state index in [1.54, 1.807) is 0 Å². The zero-order valence-corrected chi connectivity index (χ0v) is 14.6. The van der Waals surface area contributed by atoms with Crippen LogP contribution in [-0.2, 0) is 14.4 Å². The highest BCUT2D eigenvalue weighted by Crippen LogP contribution is 2.43. The molecule has 3 aliphatic carbocycles. The molecule has 7 atom stereocenters. The zero-order valence-electron chi connectivity index (χ0n) is 14.6. The number of nitrogens with one attached hydrogen (secondary N) is 2. The summed E-state index contributed by atoms with van der Waals surface area (Å²) in [5.74, 6) is -0.115. The van der Waals surface area contributed by atoms with Gasteiger partial charge in [-0.25, -0.2) is 0 Å². The quantitative estimate of drug-likeness (QED) is 0.652. The lowest BCUT2D eigenvalue weighted by Crippen LogP contribution is -2.49.